The van der Waals surface area contributed by atoms with Gasteiger partial charge in [0.2, 0.25) is 5.91 Å². The number of nitrogens with zero attached hydrogens (tertiary/aromatic N) is 1. The van der Waals surface area contributed by atoms with E-state index in [4.69, 9.17) is 4.74 Å². The Kier molecular flexibility index (Phi) is 5.46. The summed E-state index contributed by atoms with van der Waals surface area (Å²) in [5, 5.41) is 5.67. The largest absolute Gasteiger partial charge is 0.497 e. The first-order valence-corrected chi connectivity index (χ1v) is 9.03. The Morgan fingerprint density at radius 1 is 1.23 bits per heavy atom. The Bertz CT molecular complexity index is 823. The molecule has 26 heavy (non-hydrogen) atoms. The van der Waals surface area contributed by atoms with Crippen molar-refractivity contribution in [3.63, 3.8) is 0 Å². The van der Waals surface area contributed by atoms with E-state index in [9.17, 15) is 9.59 Å². The molecule has 2 aromatic rings. The Morgan fingerprint density at radius 3 is 2.62 bits per heavy atom. The molecule has 136 valence electrons. The van der Waals surface area contributed by atoms with Gasteiger partial charge in [-0.1, -0.05) is 15.9 Å². The molecule has 0 aliphatic carbocycles. The highest BCUT2D eigenvalue weighted by Crippen LogP contribution is 2.24. The first-order chi connectivity index (χ1) is 12.5. The molecule has 7 heteroatoms. The van der Waals surface area contributed by atoms with Crippen molar-refractivity contribution in [2.75, 3.05) is 23.9 Å². The number of halogens is 1. The predicted molar refractivity (Wildman–Crippen MR) is 105 cm³/mol. The maximum Gasteiger partial charge on any atom is 0.319 e. The summed E-state index contributed by atoms with van der Waals surface area (Å²) >= 11 is 3.43. The minimum Gasteiger partial charge on any atom is -0.497 e. The van der Waals surface area contributed by atoms with Crippen molar-refractivity contribution in [1.29, 1.82) is 0 Å². The Morgan fingerprint density at radius 2 is 1.96 bits per heavy atom. The number of anilines is 2. The van der Waals surface area contributed by atoms with Crippen LogP contribution in [0.25, 0.3) is 0 Å². The van der Waals surface area contributed by atoms with E-state index < -0.39 is 0 Å². The van der Waals surface area contributed by atoms with Gasteiger partial charge in [-0.3, -0.25) is 4.79 Å². The molecule has 0 radical (unpaired) electrons. The SMILES string of the molecule is COc1ccc(N2C[C@H](NC(=O)Nc3ccc(Br)c(C)c3)CC2=O)cc1. The predicted octanol–water partition coefficient (Wildman–Crippen LogP) is 3.69. The van der Waals surface area contributed by atoms with E-state index in [2.05, 4.69) is 26.6 Å². The van der Waals surface area contributed by atoms with Crippen LogP contribution in [0.15, 0.2) is 46.9 Å². The molecule has 1 aliphatic rings. The number of rotatable bonds is 4. The lowest BCUT2D eigenvalue weighted by molar-refractivity contribution is -0.117. The fourth-order valence-corrected chi connectivity index (χ4v) is 3.14. The molecule has 3 amide bonds. The van der Waals surface area contributed by atoms with Crippen LogP contribution in [0.3, 0.4) is 0 Å². The maximum atomic E-state index is 12.3. The molecular weight excluding hydrogens is 398 g/mol. The van der Waals surface area contributed by atoms with Gasteiger partial charge in [-0.05, 0) is 55.0 Å². The van der Waals surface area contributed by atoms with E-state index >= 15 is 0 Å². The van der Waals surface area contributed by atoms with Gasteiger partial charge >= 0.3 is 6.03 Å². The fourth-order valence-electron chi connectivity index (χ4n) is 2.89. The quantitative estimate of drug-likeness (QED) is 0.796. The zero-order valence-electron chi connectivity index (χ0n) is 14.6. The van der Waals surface area contributed by atoms with Gasteiger partial charge in [-0.2, -0.15) is 0 Å². The smallest absolute Gasteiger partial charge is 0.319 e. The maximum absolute atomic E-state index is 12.3. The summed E-state index contributed by atoms with van der Waals surface area (Å²) in [6.45, 7) is 2.40. The second kappa shape index (κ2) is 7.78. The topological polar surface area (TPSA) is 70.7 Å². The highest BCUT2D eigenvalue weighted by Gasteiger charge is 2.31. The van der Waals surface area contributed by atoms with Crippen LogP contribution in [-0.4, -0.2) is 31.6 Å². The molecule has 2 N–H and O–H groups in total. The average Bonchev–Trinajstić information content (AvgIpc) is 2.98. The summed E-state index contributed by atoms with van der Waals surface area (Å²) in [6.07, 6.45) is 0.277. The number of benzene rings is 2. The first kappa shape index (κ1) is 18.3. The van der Waals surface area contributed by atoms with Gasteiger partial charge in [-0.15, -0.1) is 0 Å². The molecular formula is C19H20BrN3O3. The van der Waals surface area contributed by atoms with E-state index in [1.54, 1.807) is 12.0 Å². The number of ether oxygens (including phenoxy) is 1. The number of aryl methyl sites for hydroxylation is 1. The minimum absolute atomic E-state index is 0.0139. The minimum atomic E-state index is -0.318. The van der Waals surface area contributed by atoms with Crippen molar-refractivity contribution in [3.05, 3.63) is 52.5 Å². The van der Waals surface area contributed by atoms with Crippen molar-refractivity contribution in [2.45, 2.75) is 19.4 Å². The van der Waals surface area contributed by atoms with E-state index in [1.807, 2.05) is 49.4 Å². The monoisotopic (exact) mass is 417 g/mol. The zero-order chi connectivity index (χ0) is 18.7. The summed E-state index contributed by atoms with van der Waals surface area (Å²) in [5.74, 6) is 0.721. The lowest BCUT2D eigenvalue weighted by Gasteiger charge is -2.18. The number of nitrogens with one attached hydrogen (secondary N) is 2. The van der Waals surface area contributed by atoms with E-state index in [0.717, 1.165) is 21.5 Å². The second-order valence-corrected chi connectivity index (χ2v) is 7.02. The lowest BCUT2D eigenvalue weighted by atomic mass is 10.2. The number of carbonyl (C=O) groups is 2. The van der Waals surface area contributed by atoms with E-state index in [1.165, 1.54) is 0 Å². The van der Waals surface area contributed by atoms with Gasteiger partial charge in [-0.25, -0.2) is 4.79 Å². The first-order valence-electron chi connectivity index (χ1n) is 8.24. The van der Waals surface area contributed by atoms with Crippen LogP contribution in [0.2, 0.25) is 0 Å². The van der Waals surface area contributed by atoms with Gasteiger partial charge in [0, 0.05) is 28.8 Å². The molecule has 2 aromatic carbocycles. The van der Waals surface area contributed by atoms with Gasteiger partial charge in [0.1, 0.15) is 5.75 Å². The lowest BCUT2D eigenvalue weighted by Crippen LogP contribution is -2.39. The molecule has 1 saturated heterocycles. The second-order valence-electron chi connectivity index (χ2n) is 6.17. The zero-order valence-corrected chi connectivity index (χ0v) is 16.2. The van der Waals surface area contributed by atoms with E-state index in [0.29, 0.717) is 12.2 Å². The third kappa shape index (κ3) is 4.16. The van der Waals surface area contributed by atoms with Crippen LogP contribution in [-0.2, 0) is 4.79 Å². The number of carbonyl (C=O) groups excluding carboxylic acids is 2. The molecule has 6 nitrogen and oxygen atoms in total. The van der Waals surface area contributed by atoms with Crippen LogP contribution in [0.4, 0.5) is 16.2 Å². The number of methoxy groups -OCH3 is 1. The highest BCUT2D eigenvalue weighted by molar-refractivity contribution is 9.10. The number of hydrogen-bond donors (Lipinski definition) is 2. The fraction of sp³-hybridized carbons (Fsp3) is 0.263. The summed E-state index contributed by atoms with van der Waals surface area (Å²) in [4.78, 5) is 26.2. The standard InChI is InChI=1S/C19H20BrN3O3/c1-12-9-13(3-8-17(12)20)21-19(25)22-14-10-18(24)23(11-14)15-4-6-16(26-2)7-5-15/h3-9,14H,10-11H2,1-2H3,(H2,21,22,25)/t14-/m1/s1. The molecule has 1 aliphatic heterocycles. The molecule has 0 bridgehead atoms. The molecule has 1 fully saturated rings. The highest BCUT2D eigenvalue weighted by atomic mass is 79.9. The average molecular weight is 418 g/mol. The van der Waals surface area contributed by atoms with Crippen molar-refractivity contribution >= 4 is 39.2 Å². The van der Waals surface area contributed by atoms with Gasteiger partial charge in [0.25, 0.3) is 0 Å². The molecule has 3 rings (SSSR count). The Balaban J connectivity index is 1.59. The number of hydrogen-bond acceptors (Lipinski definition) is 3. The van der Waals surface area contributed by atoms with Crippen molar-refractivity contribution in [2.24, 2.45) is 0 Å². The van der Waals surface area contributed by atoms with Gasteiger partial charge in [0.05, 0.1) is 13.2 Å². The van der Waals surface area contributed by atoms with Gasteiger partial charge in [0.15, 0.2) is 0 Å². The van der Waals surface area contributed by atoms with Crippen LogP contribution in [0.5, 0.6) is 5.75 Å². The number of urea groups is 1. The normalized spacial score (nSPS) is 16.5. The molecule has 0 saturated carbocycles. The molecule has 0 unspecified atom stereocenters. The third-order valence-electron chi connectivity index (χ3n) is 4.26. The number of amides is 3. The van der Waals surface area contributed by atoms with E-state index in [-0.39, 0.29) is 24.4 Å². The van der Waals surface area contributed by atoms with Crippen LogP contribution >= 0.6 is 15.9 Å². The molecule has 1 atom stereocenters. The van der Waals surface area contributed by atoms with Crippen LogP contribution in [0.1, 0.15) is 12.0 Å². The molecule has 1 heterocycles. The summed E-state index contributed by atoms with van der Waals surface area (Å²) in [7, 11) is 1.60. The van der Waals surface area contributed by atoms with Crippen LogP contribution < -0.4 is 20.3 Å². The summed E-state index contributed by atoms with van der Waals surface area (Å²) in [6, 6.07) is 12.3. The Hall–Kier alpha value is -2.54. The molecule has 0 spiro atoms. The van der Waals surface area contributed by atoms with Crippen molar-refractivity contribution in [1.82, 2.24) is 5.32 Å². The third-order valence-corrected chi connectivity index (χ3v) is 5.15. The van der Waals surface area contributed by atoms with Crippen molar-refractivity contribution in [3.8, 4) is 5.75 Å². The Labute approximate surface area is 160 Å². The summed E-state index contributed by atoms with van der Waals surface area (Å²) in [5.41, 5.74) is 2.54. The molecule has 0 aromatic heterocycles. The van der Waals surface area contributed by atoms with Crippen LogP contribution in [0, 0.1) is 6.92 Å². The summed E-state index contributed by atoms with van der Waals surface area (Å²) < 4.78 is 6.12. The van der Waals surface area contributed by atoms with Gasteiger partial charge < -0.3 is 20.3 Å². The van der Waals surface area contributed by atoms with Crippen molar-refractivity contribution < 1.29 is 14.3 Å².